The van der Waals surface area contributed by atoms with Crippen LogP contribution in [-0.4, -0.2) is 34.0 Å². The maximum Gasteiger partial charge on any atom is 0.295 e. The van der Waals surface area contributed by atoms with Crippen molar-refractivity contribution in [3.8, 4) is 0 Å². The number of rotatable bonds is 25. The predicted molar refractivity (Wildman–Crippen MR) is 126 cm³/mol. The van der Waals surface area contributed by atoms with Gasteiger partial charge in [0.25, 0.3) is 10.1 Å². The summed E-state index contributed by atoms with van der Waals surface area (Å²) in [4.78, 5) is 4.81. The van der Waals surface area contributed by atoms with Crippen molar-refractivity contribution in [2.75, 3.05) is 25.6 Å². The van der Waals surface area contributed by atoms with Crippen molar-refractivity contribution in [3.05, 3.63) is 0 Å². The Bertz CT molecular complexity index is 425. The lowest BCUT2D eigenvalue weighted by Crippen LogP contribution is -2.16. The molecule has 0 unspecified atom stereocenters. The van der Waals surface area contributed by atoms with Gasteiger partial charge in [0.2, 0.25) is 0 Å². The molecule has 0 spiro atoms. The molecule has 0 radical (unpaired) electrons. The van der Waals surface area contributed by atoms with Gasteiger partial charge < -0.3 is 4.74 Å². The van der Waals surface area contributed by atoms with E-state index in [0.717, 1.165) is 12.8 Å². The zero-order valence-electron chi connectivity index (χ0n) is 20.0. The first kappa shape index (κ1) is 29.8. The molecule has 5 nitrogen and oxygen atoms in total. The molecule has 0 saturated heterocycles. The van der Waals surface area contributed by atoms with E-state index < -0.39 is 10.1 Å². The summed E-state index contributed by atoms with van der Waals surface area (Å²) in [5.74, 6) is -0.167. The minimum atomic E-state index is -3.63. The van der Waals surface area contributed by atoms with Crippen LogP contribution in [0.1, 0.15) is 129 Å². The summed E-state index contributed by atoms with van der Waals surface area (Å²) in [7, 11) is -3.63. The van der Waals surface area contributed by atoms with Gasteiger partial charge in [-0.25, -0.2) is 4.89 Å². The van der Waals surface area contributed by atoms with Gasteiger partial charge in [-0.15, -0.1) is 4.33 Å². The van der Waals surface area contributed by atoms with Crippen LogP contribution in [0.4, 0.5) is 0 Å². The van der Waals surface area contributed by atoms with E-state index in [-0.39, 0.29) is 12.4 Å². The zero-order chi connectivity index (χ0) is 22.2. The SMILES string of the molecule is CCCCCCCCCCCCCCCCCCCCOOS(=O)(=O)CCOCC. The summed E-state index contributed by atoms with van der Waals surface area (Å²) in [6.07, 6.45) is 23.9. The number of hydrogen-bond acceptors (Lipinski definition) is 5. The molecule has 0 aromatic heterocycles. The Kier molecular flexibility index (Phi) is 23.4. The number of hydrogen-bond donors (Lipinski definition) is 0. The molecule has 0 atom stereocenters. The summed E-state index contributed by atoms with van der Waals surface area (Å²) in [6.45, 7) is 5.06. The Labute approximate surface area is 187 Å². The molecular formula is C24H50O5S. The van der Waals surface area contributed by atoms with Crippen molar-refractivity contribution in [2.24, 2.45) is 0 Å². The highest BCUT2D eigenvalue weighted by molar-refractivity contribution is 7.86. The van der Waals surface area contributed by atoms with Crippen LogP contribution >= 0.6 is 0 Å². The largest absolute Gasteiger partial charge is 0.381 e. The van der Waals surface area contributed by atoms with E-state index in [2.05, 4.69) is 11.3 Å². The highest BCUT2D eigenvalue weighted by atomic mass is 32.2. The van der Waals surface area contributed by atoms with Gasteiger partial charge >= 0.3 is 0 Å². The van der Waals surface area contributed by atoms with E-state index in [1.807, 2.05) is 6.92 Å². The third-order valence-corrected chi connectivity index (χ3v) is 6.39. The molecule has 0 aliphatic heterocycles. The quantitative estimate of drug-likeness (QED) is 0.0827. The van der Waals surface area contributed by atoms with Crippen molar-refractivity contribution in [2.45, 2.75) is 129 Å². The van der Waals surface area contributed by atoms with E-state index in [4.69, 9.17) is 9.62 Å². The fraction of sp³-hybridized carbons (Fsp3) is 1.00. The van der Waals surface area contributed by atoms with Crippen LogP contribution in [-0.2, 0) is 24.1 Å². The van der Waals surface area contributed by atoms with Gasteiger partial charge in [-0.05, 0) is 13.3 Å². The first-order valence-corrected chi connectivity index (χ1v) is 14.3. The van der Waals surface area contributed by atoms with E-state index >= 15 is 0 Å². The molecule has 0 saturated carbocycles. The molecular weight excluding hydrogens is 400 g/mol. The van der Waals surface area contributed by atoms with Gasteiger partial charge in [0.05, 0.1) is 13.2 Å². The Morgan fingerprint density at radius 2 is 0.933 bits per heavy atom. The molecule has 0 heterocycles. The third-order valence-electron chi connectivity index (χ3n) is 5.41. The van der Waals surface area contributed by atoms with Gasteiger partial charge in [-0.3, -0.25) is 0 Å². The van der Waals surface area contributed by atoms with Crippen molar-refractivity contribution >= 4 is 10.1 Å². The highest BCUT2D eigenvalue weighted by Gasteiger charge is 2.11. The molecule has 0 fully saturated rings. The van der Waals surface area contributed by atoms with Crippen LogP contribution in [0.15, 0.2) is 0 Å². The molecule has 6 heteroatoms. The van der Waals surface area contributed by atoms with Crippen molar-refractivity contribution < 1.29 is 22.4 Å². The average molecular weight is 451 g/mol. The van der Waals surface area contributed by atoms with Crippen LogP contribution in [0.2, 0.25) is 0 Å². The molecule has 182 valence electrons. The summed E-state index contributed by atoms with van der Waals surface area (Å²) < 4.78 is 32.4. The monoisotopic (exact) mass is 450 g/mol. The summed E-state index contributed by atoms with van der Waals surface area (Å²) >= 11 is 0. The second kappa shape index (κ2) is 23.5. The van der Waals surface area contributed by atoms with Gasteiger partial charge in [-0.2, -0.15) is 8.42 Å². The minimum Gasteiger partial charge on any atom is -0.381 e. The molecule has 0 rings (SSSR count). The lowest BCUT2D eigenvalue weighted by atomic mass is 10.0. The van der Waals surface area contributed by atoms with Crippen molar-refractivity contribution in [1.29, 1.82) is 0 Å². The molecule has 30 heavy (non-hydrogen) atoms. The molecule has 0 aromatic rings. The Morgan fingerprint density at radius 1 is 0.533 bits per heavy atom. The van der Waals surface area contributed by atoms with Gasteiger partial charge in [0.1, 0.15) is 5.75 Å². The highest BCUT2D eigenvalue weighted by Crippen LogP contribution is 2.14. The topological polar surface area (TPSA) is 61.8 Å². The molecule has 0 amide bonds. The number of unbranched alkanes of at least 4 members (excludes halogenated alkanes) is 17. The van der Waals surface area contributed by atoms with Crippen molar-refractivity contribution in [1.82, 2.24) is 0 Å². The Hall–Kier alpha value is -0.170. The van der Waals surface area contributed by atoms with Crippen LogP contribution < -0.4 is 0 Å². The van der Waals surface area contributed by atoms with E-state index in [1.165, 1.54) is 103 Å². The summed E-state index contributed by atoms with van der Waals surface area (Å²) in [5, 5.41) is 0. The fourth-order valence-corrected chi connectivity index (χ4v) is 4.11. The lowest BCUT2D eigenvalue weighted by Gasteiger charge is -2.05. The Morgan fingerprint density at radius 3 is 1.33 bits per heavy atom. The smallest absolute Gasteiger partial charge is 0.295 e. The first-order chi connectivity index (χ1) is 14.6. The maximum absolute atomic E-state index is 11.5. The zero-order valence-corrected chi connectivity index (χ0v) is 20.8. The summed E-state index contributed by atoms with van der Waals surface area (Å²) in [6, 6.07) is 0. The fourth-order valence-electron chi connectivity index (χ4n) is 3.51. The van der Waals surface area contributed by atoms with Gasteiger partial charge in [0, 0.05) is 6.61 Å². The maximum atomic E-state index is 11.5. The molecule has 0 aliphatic rings. The van der Waals surface area contributed by atoms with Gasteiger partial charge in [0.15, 0.2) is 0 Å². The number of ether oxygens (including phenoxy) is 1. The van der Waals surface area contributed by atoms with Crippen LogP contribution in [0.25, 0.3) is 0 Å². The molecule has 0 aliphatic carbocycles. The third kappa shape index (κ3) is 24.1. The van der Waals surface area contributed by atoms with Crippen molar-refractivity contribution in [3.63, 3.8) is 0 Å². The van der Waals surface area contributed by atoms with E-state index in [1.54, 1.807) is 0 Å². The lowest BCUT2D eigenvalue weighted by molar-refractivity contribution is -0.202. The van der Waals surface area contributed by atoms with Crippen LogP contribution in [0.3, 0.4) is 0 Å². The van der Waals surface area contributed by atoms with Gasteiger partial charge in [-0.1, -0.05) is 116 Å². The predicted octanol–water partition coefficient (Wildman–Crippen LogP) is 7.34. The van der Waals surface area contributed by atoms with Crippen LogP contribution in [0, 0.1) is 0 Å². The van der Waals surface area contributed by atoms with E-state index in [0.29, 0.717) is 13.2 Å². The summed E-state index contributed by atoms with van der Waals surface area (Å²) in [5.41, 5.74) is 0. The first-order valence-electron chi connectivity index (χ1n) is 12.7. The molecule has 0 N–H and O–H groups in total. The Balaban J connectivity index is 3.16. The second-order valence-corrected chi connectivity index (χ2v) is 10.0. The van der Waals surface area contributed by atoms with Crippen LogP contribution in [0.5, 0.6) is 0 Å². The van der Waals surface area contributed by atoms with E-state index in [9.17, 15) is 8.42 Å². The second-order valence-electron chi connectivity index (χ2n) is 8.36. The molecule has 0 aromatic carbocycles. The molecule has 0 bridgehead atoms. The normalized spacial score (nSPS) is 11.9. The minimum absolute atomic E-state index is 0.140. The standard InChI is InChI=1S/C24H50O5S/c1-3-5-6-7-8-9-10-11-12-13-14-15-16-17-18-19-20-21-22-28-29-30(25,26)24-23-27-4-2/h3-24H2,1-2H3. The average Bonchev–Trinajstić information content (AvgIpc) is 2.72.